The highest BCUT2D eigenvalue weighted by molar-refractivity contribution is 5.71. The van der Waals surface area contributed by atoms with Gasteiger partial charge in [-0.2, -0.15) is 0 Å². The largest absolute Gasteiger partial charge is 0.462 e. The van der Waals surface area contributed by atoms with Crippen LogP contribution in [-0.2, 0) is 28.6 Å². The van der Waals surface area contributed by atoms with Gasteiger partial charge in [0.2, 0.25) is 0 Å². The minimum absolute atomic E-state index is 0.0744. The molecule has 0 saturated carbocycles. The van der Waals surface area contributed by atoms with Gasteiger partial charge in [0.1, 0.15) is 13.2 Å². The average Bonchev–Trinajstić information content (AvgIpc) is 3.39. The lowest BCUT2D eigenvalue weighted by molar-refractivity contribution is -0.167. The Kier molecular flexibility index (Phi) is 58.7. The van der Waals surface area contributed by atoms with Crippen molar-refractivity contribution in [2.24, 2.45) is 0 Å². The zero-order chi connectivity index (χ0) is 52.9. The molecule has 0 amide bonds. The van der Waals surface area contributed by atoms with E-state index in [4.69, 9.17) is 14.2 Å². The van der Waals surface area contributed by atoms with E-state index in [1.165, 1.54) is 186 Å². The van der Waals surface area contributed by atoms with Crippen molar-refractivity contribution in [3.05, 3.63) is 72.9 Å². The topological polar surface area (TPSA) is 78.9 Å². The lowest BCUT2D eigenvalue weighted by Gasteiger charge is -2.18. The summed E-state index contributed by atoms with van der Waals surface area (Å²) in [7, 11) is 0. The molecule has 73 heavy (non-hydrogen) atoms. The van der Waals surface area contributed by atoms with Gasteiger partial charge in [-0.15, -0.1) is 0 Å². The molecule has 0 heterocycles. The van der Waals surface area contributed by atoms with Crippen LogP contribution in [0.25, 0.3) is 0 Å². The molecule has 0 radical (unpaired) electrons. The molecule has 6 nitrogen and oxygen atoms in total. The highest BCUT2D eigenvalue weighted by atomic mass is 16.6. The highest BCUT2D eigenvalue weighted by Crippen LogP contribution is 2.16. The summed E-state index contributed by atoms with van der Waals surface area (Å²) in [5, 5.41) is 0. The Hall–Kier alpha value is -3.15. The second-order valence-corrected chi connectivity index (χ2v) is 20.9. The van der Waals surface area contributed by atoms with Gasteiger partial charge >= 0.3 is 17.9 Å². The lowest BCUT2D eigenvalue weighted by atomic mass is 10.0. The normalized spacial score (nSPS) is 12.5. The molecule has 0 aromatic carbocycles. The number of carbonyl (C=O) groups excluding carboxylic acids is 3. The fourth-order valence-electron chi connectivity index (χ4n) is 9.00. The van der Waals surface area contributed by atoms with Crippen molar-refractivity contribution < 1.29 is 28.6 Å². The van der Waals surface area contributed by atoms with Gasteiger partial charge in [0.05, 0.1) is 0 Å². The summed E-state index contributed by atoms with van der Waals surface area (Å²) in [6.45, 7) is 6.54. The monoisotopic (exact) mass is 1020 g/mol. The van der Waals surface area contributed by atoms with E-state index in [0.717, 1.165) is 89.9 Å². The molecule has 1 atom stereocenters. The Morgan fingerprint density at radius 2 is 0.534 bits per heavy atom. The maximum atomic E-state index is 12.9. The molecule has 0 fully saturated rings. The van der Waals surface area contributed by atoms with Crippen molar-refractivity contribution in [1.29, 1.82) is 0 Å². The summed E-state index contributed by atoms with van der Waals surface area (Å²) in [5.74, 6) is -0.870. The van der Waals surface area contributed by atoms with Crippen LogP contribution in [-0.4, -0.2) is 37.2 Å². The SMILES string of the molecule is CC/C=C\C/C=C\C/C=C\C/C=C\C/C=C\CCCCCCCCCCCCCC(=O)OCC(COC(=O)CCCCCCCCCCCC)OC(=O)CCCCCCCCC/C=C\CCCCCCCCC. The van der Waals surface area contributed by atoms with Gasteiger partial charge in [0.15, 0.2) is 6.10 Å². The minimum Gasteiger partial charge on any atom is -0.462 e. The van der Waals surface area contributed by atoms with Crippen LogP contribution in [0.2, 0.25) is 0 Å². The first kappa shape index (κ1) is 69.8. The summed E-state index contributed by atoms with van der Waals surface area (Å²) in [5.41, 5.74) is 0. The maximum Gasteiger partial charge on any atom is 0.306 e. The molecule has 0 aliphatic heterocycles. The third-order valence-electron chi connectivity index (χ3n) is 13.7. The van der Waals surface area contributed by atoms with Gasteiger partial charge < -0.3 is 14.2 Å². The Morgan fingerprint density at radius 3 is 0.849 bits per heavy atom. The number of rotatable bonds is 57. The van der Waals surface area contributed by atoms with E-state index in [1.807, 2.05) is 0 Å². The Morgan fingerprint density at radius 1 is 0.288 bits per heavy atom. The Balaban J connectivity index is 4.23. The third-order valence-corrected chi connectivity index (χ3v) is 13.7. The fourth-order valence-corrected chi connectivity index (χ4v) is 9.00. The van der Waals surface area contributed by atoms with Crippen LogP contribution in [0.15, 0.2) is 72.9 Å². The first-order valence-electron chi connectivity index (χ1n) is 31.4. The molecule has 0 aliphatic carbocycles. The predicted molar refractivity (Wildman–Crippen MR) is 316 cm³/mol. The molecule has 0 aromatic heterocycles. The maximum absolute atomic E-state index is 12.9. The molecule has 0 saturated heterocycles. The zero-order valence-electron chi connectivity index (χ0n) is 48.4. The molecule has 0 rings (SSSR count). The van der Waals surface area contributed by atoms with E-state index in [0.29, 0.717) is 19.3 Å². The van der Waals surface area contributed by atoms with Gasteiger partial charge in [-0.05, 0) is 89.9 Å². The van der Waals surface area contributed by atoms with Crippen LogP contribution in [0.5, 0.6) is 0 Å². The molecule has 6 heteroatoms. The van der Waals surface area contributed by atoms with Gasteiger partial charge in [-0.1, -0.05) is 280 Å². The Bertz CT molecular complexity index is 1360. The van der Waals surface area contributed by atoms with Crippen molar-refractivity contribution in [1.82, 2.24) is 0 Å². The minimum atomic E-state index is -0.776. The van der Waals surface area contributed by atoms with Gasteiger partial charge in [-0.3, -0.25) is 14.4 Å². The molecule has 0 spiro atoms. The number of esters is 3. The highest BCUT2D eigenvalue weighted by Gasteiger charge is 2.19. The zero-order valence-corrected chi connectivity index (χ0v) is 48.4. The van der Waals surface area contributed by atoms with Gasteiger partial charge in [0, 0.05) is 19.3 Å². The molecule has 0 bridgehead atoms. The smallest absolute Gasteiger partial charge is 0.306 e. The molecule has 0 aromatic rings. The van der Waals surface area contributed by atoms with Crippen LogP contribution in [0.3, 0.4) is 0 Å². The second kappa shape index (κ2) is 61.4. The third kappa shape index (κ3) is 59.6. The van der Waals surface area contributed by atoms with E-state index in [1.54, 1.807) is 0 Å². The molecular formula is C67H118O6. The standard InChI is InChI=1S/C67H118O6/c1-4-7-10-13-16-19-22-24-26-28-30-31-32-33-34-35-36-37-38-40-41-43-45-48-51-54-57-60-66(69)72-63-64(62-71-65(68)59-56-53-50-47-21-18-15-12-9-6-3)73-67(70)61-58-55-52-49-46-44-42-39-29-27-25-23-20-17-14-11-8-5-2/h7,10,16,19,24,26-27,29-31,33-34,64H,4-6,8-9,11-15,17-18,20-23,25,28,32,35-63H2,1-3H3/b10-7-,19-16-,26-24-,29-27-,31-30-,34-33-. The number of allylic oxidation sites excluding steroid dienone is 12. The molecule has 0 N–H and O–H groups in total. The van der Waals surface area contributed by atoms with Gasteiger partial charge in [-0.25, -0.2) is 0 Å². The number of carbonyl (C=O) groups is 3. The van der Waals surface area contributed by atoms with Crippen LogP contribution >= 0.6 is 0 Å². The Labute approximate surface area is 453 Å². The first-order chi connectivity index (χ1) is 36.0. The molecule has 1 unspecified atom stereocenters. The summed E-state index contributed by atoms with van der Waals surface area (Å²) in [6.07, 6.45) is 79.1. The number of unbranched alkanes of at least 4 members (excludes halogenated alkanes) is 34. The van der Waals surface area contributed by atoms with Crippen molar-refractivity contribution in [2.45, 2.75) is 322 Å². The molecular weight excluding hydrogens is 901 g/mol. The summed E-state index contributed by atoms with van der Waals surface area (Å²) < 4.78 is 16.9. The quantitative estimate of drug-likeness (QED) is 0.0261. The van der Waals surface area contributed by atoms with E-state index in [9.17, 15) is 14.4 Å². The number of hydrogen-bond donors (Lipinski definition) is 0. The number of ether oxygens (including phenoxy) is 3. The van der Waals surface area contributed by atoms with Crippen LogP contribution in [0.4, 0.5) is 0 Å². The van der Waals surface area contributed by atoms with E-state index >= 15 is 0 Å². The van der Waals surface area contributed by atoms with Crippen molar-refractivity contribution in [2.75, 3.05) is 13.2 Å². The van der Waals surface area contributed by atoms with E-state index < -0.39 is 6.10 Å². The van der Waals surface area contributed by atoms with Gasteiger partial charge in [0.25, 0.3) is 0 Å². The van der Waals surface area contributed by atoms with Crippen LogP contribution < -0.4 is 0 Å². The first-order valence-corrected chi connectivity index (χ1v) is 31.4. The van der Waals surface area contributed by atoms with Crippen molar-refractivity contribution in [3.8, 4) is 0 Å². The average molecular weight is 1020 g/mol. The second-order valence-electron chi connectivity index (χ2n) is 20.9. The summed E-state index contributed by atoms with van der Waals surface area (Å²) in [4.78, 5) is 38.2. The molecule has 0 aliphatic rings. The molecule has 422 valence electrons. The van der Waals surface area contributed by atoms with Crippen molar-refractivity contribution >= 4 is 17.9 Å². The summed E-state index contributed by atoms with van der Waals surface area (Å²) in [6, 6.07) is 0. The van der Waals surface area contributed by atoms with E-state index in [-0.39, 0.29) is 31.1 Å². The summed E-state index contributed by atoms with van der Waals surface area (Å²) >= 11 is 0. The van der Waals surface area contributed by atoms with E-state index in [2.05, 4.69) is 93.7 Å². The lowest BCUT2D eigenvalue weighted by Crippen LogP contribution is -2.30. The van der Waals surface area contributed by atoms with Crippen molar-refractivity contribution in [3.63, 3.8) is 0 Å². The fraction of sp³-hybridized carbons (Fsp3) is 0.776. The van der Waals surface area contributed by atoms with Crippen LogP contribution in [0.1, 0.15) is 316 Å². The number of hydrogen-bond acceptors (Lipinski definition) is 6. The van der Waals surface area contributed by atoms with Crippen LogP contribution in [0, 0.1) is 0 Å². The predicted octanol–water partition coefficient (Wildman–Crippen LogP) is 21.3.